The summed E-state index contributed by atoms with van der Waals surface area (Å²) in [5, 5.41) is 4.05. The van der Waals surface area contributed by atoms with Crippen LogP contribution in [0.15, 0.2) is 18.3 Å². The van der Waals surface area contributed by atoms with Gasteiger partial charge in [-0.2, -0.15) is 5.10 Å². The molecule has 4 nitrogen and oxygen atoms in total. The molecule has 1 aromatic heterocycles. The van der Waals surface area contributed by atoms with Crippen molar-refractivity contribution in [2.45, 2.75) is 6.92 Å². The quantitative estimate of drug-likeness (QED) is 0.867. The van der Waals surface area contributed by atoms with Crippen LogP contribution >= 0.6 is 0 Å². The van der Waals surface area contributed by atoms with Gasteiger partial charge < -0.3 is 10.5 Å². The standard InChI is InChI=1S/C12H14FN3O/c1-7-9(4-8(13)5-11(7)17-3)10-6-15-16(2)12(10)14/h4-6H,14H2,1-3H3. The summed E-state index contributed by atoms with van der Waals surface area (Å²) in [6, 6.07) is 2.79. The van der Waals surface area contributed by atoms with E-state index in [4.69, 9.17) is 10.5 Å². The molecule has 0 bridgehead atoms. The summed E-state index contributed by atoms with van der Waals surface area (Å²) in [4.78, 5) is 0. The molecule has 17 heavy (non-hydrogen) atoms. The monoisotopic (exact) mass is 235 g/mol. The van der Waals surface area contributed by atoms with Gasteiger partial charge in [-0.1, -0.05) is 0 Å². The van der Waals surface area contributed by atoms with Gasteiger partial charge in [0.05, 0.1) is 13.3 Å². The fraction of sp³-hybridized carbons (Fsp3) is 0.250. The molecular weight excluding hydrogens is 221 g/mol. The number of methoxy groups -OCH3 is 1. The summed E-state index contributed by atoms with van der Waals surface area (Å²) in [6.45, 7) is 1.86. The summed E-state index contributed by atoms with van der Waals surface area (Å²) in [7, 11) is 3.25. The minimum Gasteiger partial charge on any atom is -0.496 e. The van der Waals surface area contributed by atoms with Crippen molar-refractivity contribution in [3.05, 3.63) is 29.7 Å². The zero-order valence-corrected chi connectivity index (χ0v) is 9.99. The summed E-state index contributed by atoms with van der Waals surface area (Å²) in [6.07, 6.45) is 1.62. The van der Waals surface area contributed by atoms with Gasteiger partial charge in [0.25, 0.3) is 0 Å². The number of hydrogen-bond donors (Lipinski definition) is 1. The molecule has 0 aliphatic carbocycles. The average Bonchev–Trinajstić information content (AvgIpc) is 2.63. The molecule has 2 N–H and O–H groups in total. The third kappa shape index (κ3) is 1.84. The molecule has 0 saturated carbocycles. The van der Waals surface area contributed by atoms with E-state index >= 15 is 0 Å². The van der Waals surface area contributed by atoms with Gasteiger partial charge in [0.1, 0.15) is 17.4 Å². The second kappa shape index (κ2) is 4.08. The molecule has 5 heteroatoms. The molecule has 2 rings (SSSR count). The van der Waals surface area contributed by atoms with Crippen molar-refractivity contribution in [3.63, 3.8) is 0 Å². The van der Waals surface area contributed by atoms with Crippen LogP contribution in [0.2, 0.25) is 0 Å². The highest BCUT2D eigenvalue weighted by molar-refractivity contribution is 5.77. The second-order valence-corrected chi connectivity index (χ2v) is 3.85. The number of rotatable bonds is 2. The maximum absolute atomic E-state index is 13.5. The van der Waals surface area contributed by atoms with Crippen molar-refractivity contribution in [1.82, 2.24) is 9.78 Å². The zero-order valence-electron chi connectivity index (χ0n) is 9.99. The molecule has 0 amide bonds. The van der Waals surface area contributed by atoms with Crippen molar-refractivity contribution in [1.29, 1.82) is 0 Å². The molecule has 0 fully saturated rings. The van der Waals surface area contributed by atoms with Gasteiger partial charge in [0.2, 0.25) is 0 Å². The van der Waals surface area contributed by atoms with Crippen LogP contribution in [-0.2, 0) is 7.05 Å². The first kappa shape index (κ1) is 11.4. The van der Waals surface area contributed by atoms with E-state index < -0.39 is 0 Å². The summed E-state index contributed by atoms with van der Waals surface area (Å²) >= 11 is 0. The number of aromatic nitrogens is 2. The van der Waals surface area contributed by atoms with Gasteiger partial charge in [0.15, 0.2) is 0 Å². The highest BCUT2D eigenvalue weighted by Crippen LogP contribution is 2.33. The average molecular weight is 235 g/mol. The number of aryl methyl sites for hydroxylation is 1. The summed E-state index contributed by atoms with van der Waals surface area (Å²) < 4.78 is 20.1. The fourth-order valence-electron chi connectivity index (χ4n) is 1.80. The lowest BCUT2D eigenvalue weighted by Gasteiger charge is -2.10. The zero-order chi connectivity index (χ0) is 12.6. The summed E-state index contributed by atoms with van der Waals surface area (Å²) in [5.74, 6) is 0.648. The van der Waals surface area contributed by atoms with E-state index in [1.807, 2.05) is 6.92 Å². The first-order chi connectivity index (χ1) is 8.04. The van der Waals surface area contributed by atoms with E-state index in [9.17, 15) is 4.39 Å². The smallest absolute Gasteiger partial charge is 0.129 e. The Morgan fingerprint density at radius 1 is 1.35 bits per heavy atom. The van der Waals surface area contributed by atoms with E-state index in [-0.39, 0.29) is 5.82 Å². The largest absolute Gasteiger partial charge is 0.496 e. The molecule has 0 aliphatic rings. The lowest BCUT2D eigenvalue weighted by atomic mass is 10.0. The molecule has 0 spiro atoms. The van der Waals surface area contributed by atoms with Crippen molar-refractivity contribution in [2.75, 3.05) is 12.8 Å². The minimum absolute atomic E-state index is 0.356. The second-order valence-electron chi connectivity index (χ2n) is 3.85. The SMILES string of the molecule is COc1cc(F)cc(-c2cnn(C)c2N)c1C. The molecular formula is C12H14FN3O. The van der Waals surface area contributed by atoms with Crippen LogP contribution in [-0.4, -0.2) is 16.9 Å². The van der Waals surface area contributed by atoms with Crippen molar-refractivity contribution < 1.29 is 9.13 Å². The fourth-order valence-corrected chi connectivity index (χ4v) is 1.80. The molecule has 2 aromatic rings. The predicted octanol–water partition coefficient (Wildman–Crippen LogP) is 2.13. The number of hydrogen-bond acceptors (Lipinski definition) is 3. The van der Waals surface area contributed by atoms with Crippen molar-refractivity contribution in [3.8, 4) is 16.9 Å². The molecule has 90 valence electrons. The topological polar surface area (TPSA) is 53.1 Å². The lowest BCUT2D eigenvalue weighted by Crippen LogP contribution is -1.99. The Labute approximate surface area is 98.8 Å². The number of nitrogens with zero attached hydrogens (tertiary/aromatic N) is 2. The third-order valence-corrected chi connectivity index (χ3v) is 2.82. The minimum atomic E-state index is -0.356. The first-order valence-corrected chi connectivity index (χ1v) is 5.16. The Morgan fingerprint density at radius 2 is 2.06 bits per heavy atom. The van der Waals surface area contributed by atoms with E-state index in [2.05, 4.69) is 5.10 Å². The first-order valence-electron chi connectivity index (χ1n) is 5.16. The Balaban J connectivity index is 2.67. The van der Waals surface area contributed by atoms with Gasteiger partial charge in [-0.15, -0.1) is 0 Å². The highest BCUT2D eigenvalue weighted by Gasteiger charge is 2.14. The Bertz CT molecular complexity index is 563. The third-order valence-electron chi connectivity index (χ3n) is 2.82. The Hall–Kier alpha value is -2.04. The van der Waals surface area contributed by atoms with Crippen LogP contribution in [0.4, 0.5) is 10.2 Å². The van der Waals surface area contributed by atoms with Crippen LogP contribution in [0.25, 0.3) is 11.1 Å². The number of halogens is 1. The number of nitrogens with two attached hydrogens (primary N) is 1. The molecule has 0 unspecified atom stereocenters. The van der Waals surface area contributed by atoms with Gasteiger partial charge in [0, 0.05) is 18.7 Å². The molecule has 0 aliphatic heterocycles. The van der Waals surface area contributed by atoms with Crippen molar-refractivity contribution >= 4 is 5.82 Å². The number of nitrogen functional groups attached to an aromatic ring is 1. The van der Waals surface area contributed by atoms with Crippen LogP contribution in [0.3, 0.4) is 0 Å². The van der Waals surface area contributed by atoms with E-state index in [1.54, 1.807) is 17.9 Å². The highest BCUT2D eigenvalue weighted by atomic mass is 19.1. The van der Waals surface area contributed by atoms with Gasteiger partial charge in [-0.05, 0) is 24.1 Å². The van der Waals surface area contributed by atoms with Gasteiger partial charge in [-0.3, -0.25) is 4.68 Å². The molecule has 0 saturated heterocycles. The number of benzene rings is 1. The molecule has 0 atom stereocenters. The van der Waals surface area contributed by atoms with Crippen LogP contribution < -0.4 is 10.5 Å². The van der Waals surface area contributed by atoms with Crippen LogP contribution in [0.1, 0.15) is 5.56 Å². The lowest BCUT2D eigenvalue weighted by molar-refractivity contribution is 0.408. The van der Waals surface area contributed by atoms with Crippen LogP contribution in [0.5, 0.6) is 5.75 Å². The number of ether oxygens (including phenoxy) is 1. The molecule has 1 heterocycles. The van der Waals surface area contributed by atoms with E-state index in [1.165, 1.54) is 19.2 Å². The normalized spacial score (nSPS) is 10.6. The Kier molecular flexibility index (Phi) is 2.75. The van der Waals surface area contributed by atoms with Gasteiger partial charge >= 0.3 is 0 Å². The van der Waals surface area contributed by atoms with E-state index in [0.717, 1.165) is 5.56 Å². The van der Waals surface area contributed by atoms with E-state index in [0.29, 0.717) is 22.7 Å². The predicted molar refractivity (Wildman–Crippen MR) is 64.3 cm³/mol. The summed E-state index contributed by atoms with van der Waals surface area (Å²) in [5.41, 5.74) is 8.14. The Morgan fingerprint density at radius 3 is 2.59 bits per heavy atom. The van der Waals surface area contributed by atoms with Crippen LogP contribution in [0, 0.1) is 12.7 Å². The molecule has 1 aromatic carbocycles. The van der Waals surface area contributed by atoms with Gasteiger partial charge in [-0.25, -0.2) is 4.39 Å². The maximum Gasteiger partial charge on any atom is 0.129 e. The maximum atomic E-state index is 13.5. The molecule has 0 radical (unpaired) electrons. The van der Waals surface area contributed by atoms with Crippen molar-refractivity contribution in [2.24, 2.45) is 7.05 Å². The number of anilines is 1.